The van der Waals surface area contributed by atoms with Crippen LogP contribution in [0.2, 0.25) is 0 Å². The monoisotopic (exact) mass is 382 g/mol. The van der Waals surface area contributed by atoms with Gasteiger partial charge in [0.05, 0.1) is 6.33 Å². The number of alkyl halides is 3. The number of hydrogen-bond acceptors (Lipinski definition) is 5. The van der Waals surface area contributed by atoms with Gasteiger partial charge in [-0.05, 0) is 44.7 Å². The molecule has 0 spiro atoms. The summed E-state index contributed by atoms with van der Waals surface area (Å²) < 4.78 is 44.5. The molecule has 0 N–H and O–H groups in total. The van der Waals surface area contributed by atoms with Crippen molar-refractivity contribution in [2.75, 3.05) is 13.1 Å². The van der Waals surface area contributed by atoms with Crippen LogP contribution in [0.5, 0.6) is 0 Å². The Hall–Kier alpha value is -2.16. The lowest BCUT2D eigenvalue weighted by molar-refractivity contribution is -0.141. The molecule has 0 aromatic carbocycles. The molecule has 0 radical (unpaired) electrons. The highest BCUT2D eigenvalue weighted by atomic mass is 19.4. The van der Waals surface area contributed by atoms with Gasteiger partial charge in [-0.3, -0.25) is 14.3 Å². The maximum atomic E-state index is 12.6. The van der Waals surface area contributed by atoms with Gasteiger partial charge < -0.3 is 4.52 Å². The molecule has 3 heterocycles. The summed E-state index contributed by atoms with van der Waals surface area (Å²) in [6, 6.07) is 0.570. The summed E-state index contributed by atoms with van der Waals surface area (Å²) in [4.78, 5) is 17.6. The fraction of sp³-hybridized carbons (Fsp3) is 0.611. The molecule has 0 bridgehead atoms. The third kappa shape index (κ3) is 3.92. The lowest BCUT2D eigenvalue weighted by Gasteiger charge is -2.31. The van der Waals surface area contributed by atoms with Crippen molar-refractivity contribution >= 4 is 0 Å². The first kappa shape index (κ1) is 18.2. The molecule has 1 fully saturated rings. The van der Waals surface area contributed by atoms with Gasteiger partial charge in [0.25, 0.3) is 5.56 Å². The number of fused-ring (bicyclic) bond motifs is 1. The molecule has 6 nitrogen and oxygen atoms in total. The van der Waals surface area contributed by atoms with Gasteiger partial charge in [-0.15, -0.1) is 0 Å². The van der Waals surface area contributed by atoms with Gasteiger partial charge >= 0.3 is 6.18 Å². The average Bonchev–Trinajstić information content (AvgIpc) is 3.22. The average molecular weight is 382 g/mol. The molecule has 146 valence electrons. The largest absolute Gasteiger partial charge is 0.433 e. The highest BCUT2D eigenvalue weighted by Gasteiger charge is 2.33. The van der Waals surface area contributed by atoms with Crippen LogP contribution >= 0.6 is 0 Å². The summed E-state index contributed by atoms with van der Waals surface area (Å²) in [5, 5.41) is 4.20. The van der Waals surface area contributed by atoms with E-state index in [4.69, 9.17) is 4.52 Å². The second-order valence-corrected chi connectivity index (χ2v) is 7.37. The van der Waals surface area contributed by atoms with E-state index in [0.29, 0.717) is 12.6 Å². The molecule has 4 rings (SSSR count). The van der Waals surface area contributed by atoms with Crippen molar-refractivity contribution in [2.24, 2.45) is 5.92 Å². The van der Waals surface area contributed by atoms with Crippen LogP contribution in [0.15, 0.2) is 21.7 Å². The number of hydrogen-bond donors (Lipinski definition) is 0. The Bertz CT molecular complexity index is 866. The van der Waals surface area contributed by atoms with E-state index >= 15 is 0 Å². The molecule has 1 saturated heterocycles. The highest BCUT2D eigenvalue weighted by molar-refractivity contribution is 5.27. The van der Waals surface area contributed by atoms with E-state index in [-0.39, 0.29) is 5.92 Å². The zero-order chi connectivity index (χ0) is 19.0. The molecule has 0 amide bonds. The van der Waals surface area contributed by atoms with Crippen LogP contribution in [0.25, 0.3) is 0 Å². The minimum absolute atomic E-state index is 0.250. The number of piperidine rings is 1. The standard InChI is InChI=1S/C18H21F3N4O2/c19-18(20,21)16-8-17(26)25(11-22-16)9-12-4-6-24(7-5-12)10-14-13-2-1-3-15(13)27-23-14/h8,11-12H,1-7,9-10H2. The highest BCUT2D eigenvalue weighted by Crippen LogP contribution is 2.28. The minimum Gasteiger partial charge on any atom is -0.361 e. The normalized spacial score (nSPS) is 18.8. The summed E-state index contributed by atoms with van der Waals surface area (Å²) >= 11 is 0. The van der Waals surface area contributed by atoms with Crippen molar-refractivity contribution in [2.45, 2.75) is 51.4 Å². The molecular formula is C18H21F3N4O2. The summed E-state index contributed by atoms with van der Waals surface area (Å²) in [6.07, 6.45) is 1.32. The Labute approximate surface area is 154 Å². The molecule has 1 aliphatic heterocycles. The Morgan fingerprint density at radius 1 is 1.22 bits per heavy atom. The van der Waals surface area contributed by atoms with E-state index in [0.717, 1.165) is 69.5 Å². The van der Waals surface area contributed by atoms with E-state index in [1.165, 1.54) is 10.1 Å². The van der Waals surface area contributed by atoms with Crippen LogP contribution in [0.3, 0.4) is 0 Å². The minimum atomic E-state index is -4.59. The molecule has 2 aromatic heterocycles. The van der Waals surface area contributed by atoms with Gasteiger partial charge in [-0.2, -0.15) is 13.2 Å². The van der Waals surface area contributed by atoms with Gasteiger partial charge in [0, 0.05) is 31.1 Å². The fourth-order valence-electron chi connectivity index (χ4n) is 3.95. The number of halogens is 3. The van der Waals surface area contributed by atoms with Gasteiger partial charge in [-0.1, -0.05) is 5.16 Å². The number of aryl methyl sites for hydroxylation is 1. The molecule has 27 heavy (non-hydrogen) atoms. The summed E-state index contributed by atoms with van der Waals surface area (Å²) in [5.41, 5.74) is 0.500. The number of likely N-dealkylation sites (tertiary alicyclic amines) is 1. The van der Waals surface area contributed by atoms with Gasteiger partial charge in [-0.25, -0.2) is 4.98 Å². The third-order valence-electron chi connectivity index (χ3n) is 5.49. The number of rotatable bonds is 4. The van der Waals surface area contributed by atoms with Crippen molar-refractivity contribution in [3.63, 3.8) is 0 Å². The van der Waals surface area contributed by atoms with Crippen molar-refractivity contribution in [3.05, 3.63) is 45.5 Å². The van der Waals surface area contributed by atoms with Crippen LogP contribution in [-0.4, -0.2) is 32.7 Å². The first-order valence-corrected chi connectivity index (χ1v) is 9.22. The zero-order valence-electron chi connectivity index (χ0n) is 14.8. The summed E-state index contributed by atoms with van der Waals surface area (Å²) in [7, 11) is 0. The maximum Gasteiger partial charge on any atom is 0.433 e. The van der Waals surface area contributed by atoms with Crippen molar-refractivity contribution in [3.8, 4) is 0 Å². The van der Waals surface area contributed by atoms with E-state index < -0.39 is 17.4 Å². The Morgan fingerprint density at radius 3 is 2.70 bits per heavy atom. The Morgan fingerprint density at radius 2 is 2.00 bits per heavy atom. The van der Waals surface area contributed by atoms with E-state index in [1.54, 1.807) is 0 Å². The molecule has 9 heteroatoms. The lowest BCUT2D eigenvalue weighted by atomic mass is 9.96. The van der Waals surface area contributed by atoms with Gasteiger partial charge in [0.1, 0.15) is 11.5 Å². The van der Waals surface area contributed by atoms with Crippen LogP contribution in [0.4, 0.5) is 13.2 Å². The van der Waals surface area contributed by atoms with Crippen molar-refractivity contribution in [1.29, 1.82) is 0 Å². The van der Waals surface area contributed by atoms with Crippen LogP contribution in [0.1, 0.15) is 42.0 Å². The molecule has 1 aliphatic carbocycles. The molecule has 0 atom stereocenters. The summed E-state index contributed by atoms with van der Waals surface area (Å²) in [6.45, 7) is 2.91. The van der Waals surface area contributed by atoms with Crippen LogP contribution < -0.4 is 5.56 Å². The Kier molecular flexibility index (Phi) is 4.79. The first-order chi connectivity index (χ1) is 12.9. The molecular weight excluding hydrogens is 361 g/mol. The van der Waals surface area contributed by atoms with Gasteiger partial charge in [0.2, 0.25) is 0 Å². The second-order valence-electron chi connectivity index (χ2n) is 7.37. The quantitative estimate of drug-likeness (QED) is 0.814. The van der Waals surface area contributed by atoms with E-state index in [9.17, 15) is 18.0 Å². The van der Waals surface area contributed by atoms with Crippen molar-refractivity contribution < 1.29 is 17.7 Å². The molecule has 2 aliphatic rings. The molecule has 0 unspecified atom stereocenters. The lowest BCUT2D eigenvalue weighted by Crippen LogP contribution is -2.36. The third-order valence-corrected chi connectivity index (χ3v) is 5.49. The predicted octanol–water partition coefficient (Wildman–Crippen LogP) is 2.65. The van der Waals surface area contributed by atoms with Crippen LogP contribution in [-0.2, 0) is 32.1 Å². The first-order valence-electron chi connectivity index (χ1n) is 9.22. The SMILES string of the molecule is O=c1cc(C(F)(F)F)ncn1CC1CCN(Cc2noc3c2CCC3)CC1. The number of aromatic nitrogens is 3. The predicted molar refractivity (Wildman–Crippen MR) is 90.0 cm³/mol. The number of nitrogens with zero attached hydrogens (tertiary/aromatic N) is 4. The zero-order valence-corrected chi connectivity index (χ0v) is 14.8. The molecule has 0 saturated carbocycles. The van der Waals surface area contributed by atoms with Gasteiger partial charge in [0.15, 0.2) is 5.69 Å². The van der Waals surface area contributed by atoms with Crippen molar-refractivity contribution in [1.82, 2.24) is 19.6 Å². The topological polar surface area (TPSA) is 64.2 Å². The van der Waals surface area contributed by atoms with E-state index in [2.05, 4.69) is 15.0 Å². The van der Waals surface area contributed by atoms with E-state index in [1.807, 2.05) is 0 Å². The maximum absolute atomic E-state index is 12.6. The fourth-order valence-corrected chi connectivity index (χ4v) is 3.95. The Balaban J connectivity index is 1.32. The summed E-state index contributed by atoms with van der Waals surface area (Å²) in [5.74, 6) is 1.27. The van der Waals surface area contributed by atoms with Crippen LogP contribution in [0, 0.1) is 5.92 Å². The second kappa shape index (κ2) is 7.10. The smallest absolute Gasteiger partial charge is 0.361 e. The molecule has 2 aromatic rings.